The summed E-state index contributed by atoms with van der Waals surface area (Å²) in [5.41, 5.74) is 1.22. The second kappa shape index (κ2) is 4.82. The van der Waals surface area contributed by atoms with Gasteiger partial charge in [0.2, 0.25) is 15.9 Å². The third-order valence-electron chi connectivity index (χ3n) is 3.16. The van der Waals surface area contributed by atoms with Crippen LogP contribution >= 0.6 is 0 Å². The first kappa shape index (κ1) is 13.8. The first-order valence-electron chi connectivity index (χ1n) is 5.87. The van der Waals surface area contributed by atoms with Gasteiger partial charge in [0.1, 0.15) is 5.75 Å². The number of nitrogens with two attached hydrogens (primary N) is 1. The molecular weight excluding hydrogens is 268 g/mol. The lowest BCUT2D eigenvalue weighted by atomic mass is 10.1. The SMILES string of the molecule is Cc1cccc(O)c1N1CC(CS(N)(=O)=O)CC1=O. The van der Waals surface area contributed by atoms with Crippen LogP contribution in [0, 0.1) is 12.8 Å². The molecule has 2 rings (SSSR count). The fraction of sp³-hybridized carbons (Fsp3) is 0.417. The van der Waals surface area contributed by atoms with E-state index < -0.39 is 10.0 Å². The third kappa shape index (κ3) is 3.05. The van der Waals surface area contributed by atoms with Gasteiger partial charge in [0, 0.05) is 18.9 Å². The Morgan fingerprint density at radius 3 is 2.74 bits per heavy atom. The maximum Gasteiger partial charge on any atom is 0.227 e. The number of sulfonamides is 1. The van der Waals surface area contributed by atoms with Gasteiger partial charge < -0.3 is 10.0 Å². The predicted molar refractivity (Wildman–Crippen MR) is 71.3 cm³/mol. The minimum atomic E-state index is -3.60. The highest BCUT2D eigenvalue weighted by Gasteiger charge is 2.34. The van der Waals surface area contributed by atoms with Gasteiger partial charge in [0.05, 0.1) is 11.4 Å². The maximum absolute atomic E-state index is 12.0. The van der Waals surface area contributed by atoms with Crippen molar-refractivity contribution >= 4 is 21.6 Å². The lowest BCUT2D eigenvalue weighted by Crippen LogP contribution is -2.28. The minimum absolute atomic E-state index is 0.0182. The number of carbonyl (C=O) groups excluding carboxylic acids is 1. The summed E-state index contributed by atoms with van der Waals surface area (Å²) in [6.07, 6.45) is 0.129. The van der Waals surface area contributed by atoms with Gasteiger partial charge in [-0.1, -0.05) is 12.1 Å². The number of aromatic hydroxyl groups is 1. The summed E-state index contributed by atoms with van der Waals surface area (Å²) in [6, 6.07) is 4.98. The molecule has 0 spiro atoms. The molecular formula is C12H16N2O4S. The van der Waals surface area contributed by atoms with Gasteiger partial charge in [-0.05, 0) is 18.6 Å². The summed E-state index contributed by atoms with van der Waals surface area (Å²) in [7, 11) is -3.60. The molecule has 1 aliphatic heterocycles. The van der Waals surface area contributed by atoms with Crippen LogP contribution in [0.25, 0.3) is 0 Å². The van der Waals surface area contributed by atoms with E-state index >= 15 is 0 Å². The molecule has 1 saturated heterocycles. The van der Waals surface area contributed by atoms with Crippen LogP contribution in [0.2, 0.25) is 0 Å². The molecule has 1 aliphatic rings. The number of para-hydroxylation sites is 1. The number of phenolic OH excluding ortho intramolecular Hbond substituents is 1. The molecule has 19 heavy (non-hydrogen) atoms. The number of phenols is 1. The van der Waals surface area contributed by atoms with Gasteiger partial charge in [-0.15, -0.1) is 0 Å². The number of aryl methyl sites for hydroxylation is 1. The highest BCUT2D eigenvalue weighted by Crippen LogP contribution is 2.35. The molecule has 104 valence electrons. The Hall–Kier alpha value is -1.60. The molecule has 1 amide bonds. The van der Waals surface area contributed by atoms with E-state index in [0.717, 1.165) is 5.56 Å². The summed E-state index contributed by atoms with van der Waals surface area (Å²) in [4.78, 5) is 13.4. The average Bonchev–Trinajstić information content (AvgIpc) is 2.56. The van der Waals surface area contributed by atoms with Crippen LogP contribution in [-0.2, 0) is 14.8 Å². The van der Waals surface area contributed by atoms with Gasteiger partial charge >= 0.3 is 0 Å². The molecule has 1 aromatic rings. The maximum atomic E-state index is 12.0. The van der Waals surface area contributed by atoms with Crippen LogP contribution in [0.15, 0.2) is 18.2 Å². The lowest BCUT2D eigenvalue weighted by molar-refractivity contribution is -0.117. The monoisotopic (exact) mass is 284 g/mol. The number of anilines is 1. The summed E-state index contributed by atoms with van der Waals surface area (Å²) < 4.78 is 22.1. The summed E-state index contributed by atoms with van der Waals surface area (Å²) >= 11 is 0. The van der Waals surface area contributed by atoms with Gasteiger partial charge in [-0.3, -0.25) is 4.79 Å². The normalized spacial score (nSPS) is 20.0. The van der Waals surface area contributed by atoms with E-state index in [0.29, 0.717) is 5.69 Å². The first-order chi connectivity index (χ1) is 8.78. The van der Waals surface area contributed by atoms with Crippen molar-refractivity contribution in [2.45, 2.75) is 13.3 Å². The Kier molecular flexibility index (Phi) is 3.51. The molecule has 0 aromatic heterocycles. The van der Waals surface area contributed by atoms with E-state index in [2.05, 4.69) is 0 Å². The van der Waals surface area contributed by atoms with E-state index in [9.17, 15) is 18.3 Å². The number of carbonyl (C=O) groups is 1. The topological polar surface area (TPSA) is 101 Å². The second-order valence-corrected chi connectivity index (χ2v) is 6.51. The molecule has 0 saturated carbocycles. The molecule has 0 radical (unpaired) electrons. The highest BCUT2D eigenvalue weighted by molar-refractivity contribution is 7.89. The van der Waals surface area contributed by atoms with Crippen molar-refractivity contribution < 1.29 is 18.3 Å². The zero-order valence-corrected chi connectivity index (χ0v) is 11.4. The number of nitrogens with zero attached hydrogens (tertiary/aromatic N) is 1. The standard InChI is InChI=1S/C12H16N2O4S/c1-8-3-2-4-10(15)12(8)14-6-9(5-11(14)16)7-19(13,17)18/h2-4,9,15H,5-7H2,1H3,(H2,13,17,18). The van der Waals surface area contributed by atoms with Crippen LogP contribution in [0.5, 0.6) is 5.75 Å². The Morgan fingerprint density at radius 2 is 2.16 bits per heavy atom. The number of hydrogen-bond donors (Lipinski definition) is 2. The van der Waals surface area contributed by atoms with E-state index in [1.165, 1.54) is 11.0 Å². The fourth-order valence-corrected chi connectivity index (χ4v) is 3.31. The predicted octanol–water partition coefficient (Wildman–Crippen LogP) is 0.342. The molecule has 1 heterocycles. The molecule has 1 atom stereocenters. The van der Waals surface area contributed by atoms with Crippen LogP contribution in [0.4, 0.5) is 5.69 Å². The van der Waals surface area contributed by atoms with Gasteiger partial charge in [0.15, 0.2) is 0 Å². The Morgan fingerprint density at radius 1 is 1.47 bits per heavy atom. The average molecular weight is 284 g/mol. The summed E-state index contributed by atoms with van der Waals surface area (Å²) in [5, 5.41) is 14.8. The molecule has 0 aliphatic carbocycles. The second-order valence-electron chi connectivity index (χ2n) is 4.85. The first-order valence-corrected chi connectivity index (χ1v) is 7.59. The number of benzene rings is 1. The number of amides is 1. The number of primary sulfonamides is 1. The van der Waals surface area contributed by atoms with E-state index in [-0.39, 0.29) is 36.3 Å². The third-order valence-corrected chi connectivity index (χ3v) is 4.10. The van der Waals surface area contributed by atoms with Crippen molar-refractivity contribution in [2.24, 2.45) is 11.1 Å². The molecule has 6 nitrogen and oxygen atoms in total. The number of hydrogen-bond acceptors (Lipinski definition) is 4. The van der Waals surface area contributed by atoms with Crippen LogP contribution in [0.1, 0.15) is 12.0 Å². The Labute approximate surface area is 111 Å². The highest BCUT2D eigenvalue weighted by atomic mass is 32.2. The molecule has 3 N–H and O–H groups in total. The van der Waals surface area contributed by atoms with Crippen LogP contribution in [-0.4, -0.2) is 31.7 Å². The van der Waals surface area contributed by atoms with Crippen molar-refractivity contribution in [3.05, 3.63) is 23.8 Å². The lowest BCUT2D eigenvalue weighted by Gasteiger charge is -2.20. The fourth-order valence-electron chi connectivity index (χ4n) is 2.43. The zero-order valence-electron chi connectivity index (χ0n) is 10.5. The van der Waals surface area contributed by atoms with Gasteiger partial charge in [-0.25, -0.2) is 13.6 Å². The summed E-state index contributed by atoms with van der Waals surface area (Å²) in [6.45, 7) is 2.04. The van der Waals surface area contributed by atoms with Crippen LogP contribution < -0.4 is 10.0 Å². The van der Waals surface area contributed by atoms with Crippen molar-refractivity contribution in [1.82, 2.24) is 0 Å². The molecule has 1 unspecified atom stereocenters. The van der Waals surface area contributed by atoms with E-state index in [4.69, 9.17) is 5.14 Å². The molecule has 0 bridgehead atoms. The van der Waals surface area contributed by atoms with Crippen molar-refractivity contribution in [2.75, 3.05) is 17.2 Å². The summed E-state index contributed by atoms with van der Waals surface area (Å²) in [5.74, 6) is -0.730. The van der Waals surface area contributed by atoms with Crippen molar-refractivity contribution in [1.29, 1.82) is 0 Å². The van der Waals surface area contributed by atoms with E-state index in [1.807, 2.05) is 0 Å². The molecule has 1 fully saturated rings. The quantitative estimate of drug-likeness (QED) is 0.835. The minimum Gasteiger partial charge on any atom is -0.506 e. The molecule has 7 heteroatoms. The number of rotatable bonds is 3. The Bertz CT molecular complexity index is 592. The van der Waals surface area contributed by atoms with Gasteiger partial charge in [-0.2, -0.15) is 0 Å². The van der Waals surface area contributed by atoms with E-state index in [1.54, 1.807) is 19.1 Å². The van der Waals surface area contributed by atoms with Crippen molar-refractivity contribution in [3.8, 4) is 5.75 Å². The Balaban J connectivity index is 2.26. The molecule has 1 aromatic carbocycles. The van der Waals surface area contributed by atoms with Crippen molar-refractivity contribution in [3.63, 3.8) is 0 Å². The zero-order chi connectivity index (χ0) is 14.2. The largest absolute Gasteiger partial charge is 0.506 e. The smallest absolute Gasteiger partial charge is 0.227 e. The van der Waals surface area contributed by atoms with Gasteiger partial charge in [0.25, 0.3) is 0 Å². The van der Waals surface area contributed by atoms with Crippen LogP contribution in [0.3, 0.4) is 0 Å².